The van der Waals surface area contributed by atoms with Crippen LogP contribution in [0.3, 0.4) is 0 Å². The van der Waals surface area contributed by atoms with Crippen molar-refractivity contribution in [2.75, 3.05) is 4.90 Å². The van der Waals surface area contributed by atoms with Crippen molar-refractivity contribution >= 4 is 23.5 Å². The van der Waals surface area contributed by atoms with Crippen LogP contribution in [-0.4, -0.2) is 23.8 Å². The number of hydrogen-bond donors (Lipinski definition) is 1. The number of para-hydroxylation sites is 1. The molecule has 0 saturated heterocycles. The third-order valence-corrected chi connectivity index (χ3v) is 2.41. The van der Waals surface area contributed by atoms with E-state index in [2.05, 4.69) is 10.3 Å². The van der Waals surface area contributed by atoms with Gasteiger partial charge in [0.25, 0.3) is 5.91 Å². The molecule has 0 bridgehead atoms. The summed E-state index contributed by atoms with van der Waals surface area (Å²) in [6.45, 7) is 3.09. The standard InChI is InChI=1S/C12H13N3O2/c1-8-11(17)15(10-6-4-3-5-7-10)12(13-8)14-9(2)16/h3-8H,1-2H3,(H,13,14,16)/t8-/m0/s1. The van der Waals surface area contributed by atoms with Crippen molar-refractivity contribution < 1.29 is 9.59 Å². The lowest BCUT2D eigenvalue weighted by Gasteiger charge is -2.18. The predicted octanol–water partition coefficient (Wildman–Crippen LogP) is 0.914. The molecule has 1 aliphatic heterocycles. The molecule has 88 valence electrons. The SMILES string of the molecule is CC(=O)NC1=N[C@@H](C)C(=O)N1c1ccccc1. The first kappa shape index (κ1) is 11.3. The number of benzene rings is 1. The zero-order valence-corrected chi connectivity index (χ0v) is 9.68. The van der Waals surface area contributed by atoms with Crippen molar-refractivity contribution in [1.82, 2.24) is 5.32 Å². The van der Waals surface area contributed by atoms with Crippen LogP contribution in [0.15, 0.2) is 35.3 Å². The first-order valence-corrected chi connectivity index (χ1v) is 5.34. The Morgan fingerprint density at radius 1 is 1.35 bits per heavy atom. The second kappa shape index (κ2) is 4.37. The molecule has 0 aliphatic carbocycles. The number of nitrogens with zero attached hydrogens (tertiary/aromatic N) is 2. The Kier molecular flexibility index (Phi) is 2.91. The highest BCUT2D eigenvalue weighted by molar-refractivity contribution is 6.24. The van der Waals surface area contributed by atoms with E-state index < -0.39 is 6.04 Å². The molecule has 1 atom stereocenters. The first-order chi connectivity index (χ1) is 8.09. The van der Waals surface area contributed by atoms with Crippen LogP contribution in [0.5, 0.6) is 0 Å². The van der Waals surface area contributed by atoms with Gasteiger partial charge in [0.2, 0.25) is 11.9 Å². The second-order valence-corrected chi connectivity index (χ2v) is 3.82. The van der Waals surface area contributed by atoms with E-state index in [0.717, 1.165) is 0 Å². The van der Waals surface area contributed by atoms with Crippen molar-refractivity contribution in [1.29, 1.82) is 0 Å². The van der Waals surface area contributed by atoms with Gasteiger partial charge in [0, 0.05) is 6.92 Å². The molecule has 2 amide bonds. The summed E-state index contributed by atoms with van der Waals surface area (Å²) < 4.78 is 0. The highest BCUT2D eigenvalue weighted by Crippen LogP contribution is 2.20. The third kappa shape index (κ3) is 2.18. The summed E-state index contributed by atoms with van der Waals surface area (Å²) in [7, 11) is 0. The maximum absolute atomic E-state index is 12.0. The van der Waals surface area contributed by atoms with Gasteiger partial charge in [-0.25, -0.2) is 9.89 Å². The number of rotatable bonds is 1. The first-order valence-electron chi connectivity index (χ1n) is 5.34. The molecule has 2 rings (SSSR count). The molecule has 0 spiro atoms. The Labute approximate surface area is 99.1 Å². The van der Waals surface area contributed by atoms with E-state index in [1.54, 1.807) is 19.1 Å². The van der Waals surface area contributed by atoms with E-state index in [4.69, 9.17) is 0 Å². The molecule has 1 aromatic carbocycles. The predicted molar refractivity (Wildman–Crippen MR) is 64.6 cm³/mol. The van der Waals surface area contributed by atoms with Gasteiger partial charge < -0.3 is 0 Å². The lowest BCUT2D eigenvalue weighted by molar-refractivity contribution is -0.117. The van der Waals surface area contributed by atoms with E-state index in [-0.39, 0.29) is 11.8 Å². The smallest absolute Gasteiger partial charge is 0.258 e. The van der Waals surface area contributed by atoms with Gasteiger partial charge in [-0.15, -0.1) is 0 Å². The molecule has 1 N–H and O–H groups in total. The van der Waals surface area contributed by atoms with Gasteiger partial charge in [-0.05, 0) is 19.1 Å². The second-order valence-electron chi connectivity index (χ2n) is 3.82. The van der Waals surface area contributed by atoms with Crippen molar-refractivity contribution in [2.45, 2.75) is 19.9 Å². The molecule has 0 saturated carbocycles. The average Bonchev–Trinajstić information content (AvgIpc) is 2.55. The van der Waals surface area contributed by atoms with Crippen molar-refractivity contribution in [2.24, 2.45) is 4.99 Å². The number of hydrogen-bond acceptors (Lipinski definition) is 3. The van der Waals surface area contributed by atoms with Crippen molar-refractivity contribution in [3.05, 3.63) is 30.3 Å². The molecule has 1 aromatic rings. The van der Waals surface area contributed by atoms with Gasteiger partial charge in [-0.2, -0.15) is 0 Å². The largest absolute Gasteiger partial charge is 0.296 e. The zero-order chi connectivity index (χ0) is 12.4. The Bertz CT molecular complexity index is 482. The van der Waals surface area contributed by atoms with E-state index >= 15 is 0 Å². The molecular formula is C12H13N3O2. The highest BCUT2D eigenvalue weighted by atomic mass is 16.2. The fraction of sp³-hybridized carbons (Fsp3) is 0.250. The fourth-order valence-corrected chi connectivity index (χ4v) is 1.66. The summed E-state index contributed by atoms with van der Waals surface area (Å²) in [6.07, 6.45) is 0. The zero-order valence-electron chi connectivity index (χ0n) is 9.68. The van der Waals surface area contributed by atoms with E-state index in [1.165, 1.54) is 11.8 Å². The molecule has 0 radical (unpaired) electrons. The minimum Gasteiger partial charge on any atom is -0.296 e. The molecule has 17 heavy (non-hydrogen) atoms. The number of nitrogens with one attached hydrogen (secondary N) is 1. The molecule has 1 heterocycles. The Morgan fingerprint density at radius 3 is 2.59 bits per heavy atom. The summed E-state index contributed by atoms with van der Waals surface area (Å²) in [5.74, 6) is -0.0901. The topological polar surface area (TPSA) is 61.8 Å². The fourth-order valence-electron chi connectivity index (χ4n) is 1.66. The Morgan fingerprint density at radius 2 is 2.00 bits per heavy atom. The Hall–Kier alpha value is -2.17. The van der Waals surface area contributed by atoms with Crippen LogP contribution in [0.4, 0.5) is 5.69 Å². The summed E-state index contributed by atoms with van der Waals surface area (Å²) in [6, 6.07) is 8.66. The molecule has 5 heteroatoms. The monoisotopic (exact) mass is 231 g/mol. The molecule has 1 aliphatic rings. The quantitative estimate of drug-likeness (QED) is 0.781. The van der Waals surface area contributed by atoms with Gasteiger partial charge in [-0.3, -0.25) is 14.9 Å². The minimum absolute atomic E-state index is 0.139. The van der Waals surface area contributed by atoms with Crippen LogP contribution in [0.1, 0.15) is 13.8 Å². The van der Waals surface area contributed by atoms with Crippen molar-refractivity contribution in [3.63, 3.8) is 0 Å². The molecule has 0 unspecified atom stereocenters. The summed E-state index contributed by atoms with van der Waals surface area (Å²) in [5, 5.41) is 2.57. The lowest BCUT2D eigenvalue weighted by atomic mass is 10.2. The summed E-state index contributed by atoms with van der Waals surface area (Å²) in [5.41, 5.74) is 0.703. The normalized spacial score (nSPS) is 19.2. The van der Waals surface area contributed by atoms with E-state index in [1.807, 2.05) is 18.2 Å². The number of carbonyl (C=O) groups is 2. The summed E-state index contributed by atoms with van der Waals surface area (Å²) in [4.78, 5) is 28.6. The van der Waals surface area contributed by atoms with Crippen molar-refractivity contribution in [3.8, 4) is 0 Å². The van der Waals surface area contributed by atoms with Gasteiger partial charge in [-0.1, -0.05) is 18.2 Å². The number of anilines is 1. The van der Waals surface area contributed by atoms with E-state index in [0.29, 0.717) is 11.6 Å². The highest BCUT2D eigenvalue weighted by Gasteiger charge is 2.33. The van der Waals surface area contributed by atoms with E-state index in [9.17, 15) is 9.59 Å². The maximum Gasteiger partial charge on any atom is 0.258 e. The third-order valence-electron chi connectivity index (χ3n) is 2.41. The number of guanidine groups is 1. The van der Waals surface area contributed by atoms with Gasteiger partial charge in [0.1, 0.15) is 6.04 Å². The number of aliphatic imine (C=N–C) groups is 1. The lowest BCUT2D eigenvalue weighted by Crippen LogP contribution is -2.43. The van der Waals surface area contributed by atoms with Crippen LogP contribution in [-0.2, 0) is 9.59 Å². The van der Waals surface area contributed by atoms with Gasteiger partial charge >= 0.3 is 0 Å². The molecular weight excluding hydrogens is 218 g/mol. The van der Waals surface area contributed by atoms with Crippen LogP contribution < -0.4 is 10.2 Å². The number of amides is 2. The molecule has 0 aromatic heterocycles. The number of carbonyl (C=O) groups excluding carboxylic acids is 2. The van der Waals surface area contributed by atoms with Crippen LogP contribution in [0.25, 0.3) is 0 Å². The van der Waals surface area contributed by atoms with Gasteiger partial charge in [0.15, 0.2) is 0 Å². The van der Waals surface area contributed by atoms with Crippen LogP contribution in [0.2, 0.25) is 0 Å². The minimum atomic E-state index is -0.461. The summed E-state index contributed by atoms with van der Waals surface area (Å²) >= 11 is 0. The Balaban J connectivity index is 2.34. The van der Waals surface area contributed by atoms with Crippen LogP contribution >= 0.6 is 0 Å². The molecule has 5 nitrogen and oxygen atoms in total. The average molecular weight is 231 g/mol. The maximum atomic E-state index is 12.0. The van der Waals surface area contributed by atoms with Gasteiger partial charge in [0.05, 0.1) is 5.69 Å². The molecule has 0 fully saturated rings. The van der Waals surface area contributed by atoms with Crippen LogP contribution in [0, 0.1) is 0 Å².